The van der Waals surface area contributed by atoms with Crippen LogP contribution in [0.5, 0.6) is 6.01 Å². The maximum Gasteiger partial charge on any atom is 0.318 e. The minimum Gasteiger partial charge on any atom is -0.467 e. The number of anilines is 2. The molecule has 1 aliphatic heterocycles. The van der Waals surface area contributed by atoms with E-state index in [9.17, 15) is 9.65 Å². The standard InChI is InChI=1S/C24H21ClF2N6OS/c1-3-33(10-11-6-7-30-11)23-13-8-15(25)18(19(27)20(13)31-24(32-23)34-2)12-4-5-16(26)21-17(12)14(9-28)22(29)35-21/h4-5,8,11,30H,3,6-7,10,29H2,1-2H3. The number of hydrogen-bond acceptors (Lipinski definition) is 8. The third-order valence-corrected chi connectivity index (χ3v) is 7.60. The number of fused-ring (bicyclic) bond motifs is 2. The molecule has 1 atom stereocenters. The molecule has 4 aromatic rings. The van der Waals surface area contributed by atoms with Crippen molar-refractivity contribution in [3.63, 3.8) is 0 Å². The molecule has 2 aromatic carbocycles. The van der Waals surface area contributed by atoms with Gasteiger partial charge in [0.1, 0.15) is 28.2 Å². The molecule has 1 aliphatic rings. The molecule has 11 heteroatoms. The summed E-state index contributed by atoms with van der Waals surface area (Å²) in [6.45, 7) is 4.27. The lowest BCUT2D eigenvalue weighted by Crippen LogP contribution is -2.50. The molecule has 1 unspecified atom stereocenters. The molecule has 35 heavy (non-hydrogen) atoms. The van der Waals surface area contributed by atoms with Gasteiger partial charge in [0.2, 0.25) is 0 Å². The number of nitrogens with one attached hydrogen (secondary N) is 1. The molecule has 3 N–H and O–H groups in total. The Kier molecular flexibility index (Phi) is 6.09. The summed E-state index contributed by atoms with van der Waals surface area (Å²) < 4.78 is 36.2. The molecule has 1 saturated heterocycles. The van der Waals surface area contributed by atoms with Crippen molar-refractivity contribution >= 4 is 54.7 Å². The van der Waals surface area contributed by atoms with E-state index < -0.39 is 11.6 Å². The van der Waals surface area contributed by atoms with Crippen molar-refractivity contribution in [2.24, 2.45) is 0 Å². The SMILES string of the molecule is CCN(CC1CCN1)c1nc(OC)nc2c(F)c(-c3ccc(F)c4sc(N)c(C#N)c34)c(Cl)cc12. The fraction of sp³-hybridized carbons (Fsp3) is 0.292. The predicted molar refractivity (Wildman–Crippen MR) is 135 cm³/mol. The molecule has 5 rings (SSSR count). The first-order valence-corrected chi connectivity index (χ1v) is 12.2. The number of methoxy groups -OCH3 is 1. The van der Waals surface area contributed by atoms with E-state index >= 15 is 4.39 Å². The van der Waals surface area contributed by atoms with Crippen LogP contribution in [0, 0.1) is 23.0 Å². The van der Waals surface area contributed by atoms with Crippen LogP contribution in [0.2, 0.25) is 5.02 Å². The van der Waals surface area contributed by atoms with Crippen LogP contribution in [0.1, 0.15) is 18.9 Å². The third kappa shape index (κ3) is 3.80. The second-order valence-corrected chi connectivity index (χ2v) is 9.67. The van der Waals surface area contributed by atoms with Gasteiger partial charge < -0.3 is 20.7 Å². The summed E-state index contributed by atoms with van der Waals surface area (Å²) >= 11 is 7.60. The summed E-state index contributed by atoms with van der Waals surface area (Å²) in [6, 6.07) is 6.56. The van der Waals surface area contributed by atoms with Gasteiger partial charge in [0.05, 0.1) is 22.4 Å². The van der Waals surface area contributed by atoms with Crippen molar-refractivity contribution in [3.05, 3.63) is 40.4 Å². The van der Waals surface area contributed by atoms with E-state index in [0.717, 1.165) is 24.3 Å². The van der Waals surface area contributed by atoms with Crippen LogP contribution in [-0.4, -0.2) is 42.8 Å². The Morgan fingerprint density at radius 3 is 2.77 bits per heavy atom. The van der Waals surface area contributed by atoms with E-state index in [-0.39, 0.29) is 48.3 Å². The van der Waals surface area contributed by atoms with Crippen molar-refractivity contribution in [2.45, 2.75) is 19.4 Å². The maximum atomic E-state index is 16.2. The summed E-state index contributed by atoms with van der Waals surface area (Å²) in [7, 11) is 1.42. The van der Waals surface area contributed by atoms with Crippen LogP contribution in [0.15, 0.2) is 18.2 Å². The molecular formula is C24H21ClF2N6OS. The van der Waals surface area contributed by atoms with Gasteiger partial charge in [0, 0.05) is 35.5 Å². The van der Waals surface area contributed by atoms with Gasteiger partial charge in [-0.15, -0.1) is 11.3 Å². The Bertz CT molecular complexity index is 1510. The second kappa shape index (κ2) is 9.07. The Balaban J connectivity index is 1.78. The molecule has 1 fully saturated rings. The summed E-state index contributed by atoms with van der Waals surface area (Å²) in [6.07, 6.45) is 1.04. The van der Waals surface area contributed by atoms with E-state index in [0.29, 0.717) is 30.3 Å². The number of hydrogen-bond donors (Lipinski definition) is 2. The van der Waals surface area contributed by atoms with Crippen LogP contribution in [0.25, 0.3) is 32.1 Å². The highest BCUT2D eigenvalue weighted by molar-refractivity contribution is 7.23. The van der Waals surface area contributed by atoms with E-state index in [1.54, 1.807) is 6.07 Å². The first-order valence-electron chi connectivity index (χ1n) is 11.0. The summed E-state index contributed by atoms with van der Waals surface area (Å²) in [5.41, 5.74) is 6.34. The lowest BCUT2D eigenvalue weighted by Gasteiger charge is -2.34. The zero-order valence-electron chi connectivity index (χ0n) is 19.0. The second-order valence-electron chi connectivity index (χ2n) is 8.21. The zero-order chi connectivity index (χ0) is 24.9. The third-order valence-electron chi connectivity index (χ3n) is 6.27. The first-order chi connectivity index (χ1) is 16.9. The normalized spacial score (nSPS) is 15.3. The van der Waals surface area contributed by atoms with Gasteiger partial charge in [-0.25, -0.2) is 8.78 Å². The molecule has 7 nitrogen and oxygen atoms in total. The molecule has 0 saturated carbocycles. The number of nitrogen functional groups attached to an aromatic ring is 1. The van der Waals surface area contributed by atoms with E-state index in [1.165, 1.54) is 19.2 Å². The van der Waals surface area contributed by atoms with Crippen LogP contribution in [0.4, 0.5) is 19.6 Å². The summed E-state index contributed by atoms with van der Waals surface area (Å²) in [5.74, 6) is -0.750. The highest BCUT2D eigenvalue weighted by atomic mass is 35.5. The number of thiophene rings is 1. The number of nitrogens with two attached hydrogens (primary N) is 1. The lowest BCUT2D eigenvalue weighted by molar-refractivity contribution is 0.367. The van der Waals surface area contributed by atoms with Crippen LogP contribution in [0.3, 0.4) is 0 Å². The molecule has 0 radical (unpaired) electrons. The van der Waals surface area contributed by atoms with Gasteiger partial charge >= 0.3 is 6.01 Å². The number of benzene rings is 2. The van der Waals surface area contributed by atoms with Crippen LogP contribution >= 0.6 is 22.9 Å². The van der Waals surface area contributed by atoms with Gasteiger partial charge in [-0.05, 0) is 37.6 Å². The van der Waals surface area contributed by atoms with Gasteiger partial charge in [-0.1, -0.05) is 17.7 Å². The quantitative estimate of drug-likeness (QED) is 0.369. The van der Waals surface area contributed by atoms with Gasteiger partial charge in [0.25, 0.3) is 0 Å². The van der Waals surface area contributed by atoms with Gasteiger partial charge in [-0.2, -0.15) is 15.2 Å². The average Bonchev–Trinajstić information content (AvgIpc) is 3.16. The predicted octanol–water partition coefficient (Wildman–Crippen LogP) is 5.09. The van der Waals surface area contributed by atoms with Crippen molar-refractivity contribution in [1.29, 1.82) is 5.26 Å². The van der Waals surface area contributed by atoms with E-state index in [4.69, 9.17) is 22.1 Å². The lowest BCUT2D eigenvalue weighted by atomic mass is 9.97. The van der Waals surface area contributed by atoms with Gasteiger partial charge in [-0.3, -0.25) is 0 Å². The number of halogens is 3. The first kappa shape index (κ1) is 23.5. The van der Waals surface area contributed by atoms with Crippen LogP contribution in [-0.2, 0) is 0 Å². The smallest absolute Gasteiger partial charge is 0.318 e. The zero-order valence-corrected chi connectivity index (χ0v) is 20.5. The molecule has 2 aromatic heterocycles. The molecule has 3 heterocycles. The van der Waals surface area contributed by atoms with Gasteiger partial charge in [0.15, 0.2) is 5.82 Å². The molecule has 0 amide bonds. The topological polar surface area (TPSA) is 100 Å². The van der Waals surface area contributed by atoms with Crippen LogP contribution < -0.4 is 20.7 Å². The fourth-order valence-corrected chi connectivity index (χ4v) is 5.63. The largest absolute Gasteiger partial charge is 0.467 e. The average molecular weight is 515 g/mol. The monoisotopic (exact) mass is 514 g/mol. The Morgan fingerprint density at radius 2 is 2.14 bits per heavy atom. The molecule has 0 spiro atoms. The minimum atomic E-state index is -0.714. The van der Waals surface area contributed by atoms with Crippen molar-refractivity contribution in [1.82, 2.24) is 15.3 Å². The van der Waals surface area contributed by atoms with E-state index in [2.05, 4.69) is 15.3 Å². The van der Waals surface area contributed by atoms with Crippen molar-refractivity contribution < 1.29 is 13.5 Å². The highest BCUT2D eigenvalue weighted by Crippen LogP contribution is 2.45. The molecular weight excluding hydrogens is 494 g/mol. The molecule has 180 valence electrons. The Morgan fingerprint density at radius 1 is 1.37 bits per heavy atom. The number of nitriles is 1. The number of aromatic nitrogens is 2. The summed E-state index contributed by atoms with van der Waals surface area (Å²) in [4.78, 5) is 10.8. The highest BCUT2D eigenvalue weighted by Gasteiger charge is 2.27. The Hall–Kier alpha value is -3.26. The molecule has 0 bridgehead atoms. The van der Waals surface area contributed by atoms with Crippen molar-refractivity contribution in [3.8, 4) is 23.2 Å². The number of ether oxygens (including phenoxy) is 1. The number of rotatable bonds is 6. The Labute approximate surface area is 209 Å². The number of likely N-dealkylation sites (N-methyl/N-ethyl adjacent to an activating group) is 1. The maximum absolute atomic E-state index is 16.2. The van der Waals surface area contributed by atoms with Crippen molar-refractivity contribution in [2.75, 3.05) is 37.4 Å². The fourth-order valence-electron chi connectivity index (χ4n) is 4.38. The van der Waals surface area contributed by atoms with E-state index in [1.807, 2.05) is 17.9 Å². The summed E-state index contributed by atoms with van der Waals surface area (Å²) in [5, 5.41) is 13.9. The molecule has 0 aliphatic carbocycles. The minimum absolute atomic E-state index is 0.00822. The number of nitrogens with zero attached hydrogens (tertiary/aromatic N) is 4.